The summed E-state index contributed by atoms with van der Waals surface area (Å²) in [6, 6.07) is 6.65. The zero-order valence-corrected chi connectivity index (χ0v) is 11.9. The Bertz CT molecular complexity index is 573. The maximum Gasteiger partial charge on any atom is 0.138 e. The van der Waals surface area contributed by atoms with Gasteiger partial charge in [0.25, 0.3) is 0 Å². The number of nitrogens with zero attached hydrogens (tertiary/aromatic N) is 1. The van der Waals surface area contributed by atoms with Crippen molar-refractivity contribution in [2.45, 2.75) is 45.4 Å². The summed E-state index contributed by atoms with van der Waals surface area (Å²) in [5.74, 6) is 2.56. The van der Waals surface area contributed by atoms with Gasteiger partial charge in [0.15, 0.2) is 0 Å². The molecule has 0 radical (unpaired) electrons. The lowest BCUT2D eigenvalue weighted by atomic mass is 10.2. The van der Waals surface area contributed by atoms with Gasteiger partial charge in [0.05, 0.1) is 18.8 Å². The predicted molar refractivity (Wildman–Crippen MR) is 77.6 cm³/mol. The van der Waals surface area contributed by atoms with E-state index in [1.54, 1.807) is 12.4 Å². The van der Waals surface area contributed by atoms with Crippen LogP contribution in [0.2, 0.25) is 0 Å². The molecule has 0 bridgehead atoms. The molecule has 1 N–H and O–H groups in total. The molecule has 2 heterocycles. The Balaban J connectivity index is 1.71. The van der Waals surface area contributed by atoms with Crippen molar-refractivity contribution >= 4 is 0 Å². The van der Waals surface area contributed by atoms with Crippen LogP contribution in [-0.2, 0) is 6.54 Å². The molecule has 20 heavy (non-hydrogen) atoms. The van der Waals surface area contributed by atoms with E-state index in [-0.39, 0.29) is 6.10 Å². The first kappa shape index (κ1) is 13.2. The van der Waals surface area contributed by atoms with Gasteiger partial charge in [-0.2, -0.15) is 0 Å². The molecule has 3 rings (SSSR count). The molecule has 1 aliphatic carbocycles. The third-order valence-electron chi connectivity index (χ3n) is 3.17. The normalized spacial score (nSPS) is 14.8. The largest absolute Gasteiger partial charge is 0.489 e. The molecular formula is C16H20N2O2. The number of nitrogens with one attached hydrogen (secondary N) is 1. The molecule has 4 heteroatoms. The van der Waals surface area contributed by atoms with Gasteiger partial charge in [-0.15, -0.1) is 0 Å². The highest BCUT2D eigenvalue weighted by Crippen LogP contribution is 2.26. The summed E-state index contributed by atoms with van der Waals surface area (Å²) in [4.78, 5) is 4.21. The van der Waals surface area contributed by atoms with Crippen molar-refractivity contribution in [1.82, 2.24) is 10.3 Å². The predicted octanol–water partition coefficient (Wildman–Crippen LogP) is 3.38. The zero-order valence-electron chi connectivity index (χ0n) is 11.9. The van der Waals surface area contributed by atoms with E-state index in [4.69, 9.17) is 9.15 Å². The first-order chi connectivity index (χ1) is 9.70. The van der Waals surface area contributed by atoms with Crippen LogP contribution in [0.1, 0.15) is 32.4 Å². The van der Waals surface area contributed by atoms with Crippen LogP contribution in [0.15, 0.2) is 35.0 Å². The molecule has 1 aliphatic rings. The molecule has 4 nitrogen and oxygen atoms in total. The summed E-state index contributed by atoms with van der Waals surface area (Å²) in [5.41, 5.74) is 0.945. The van der Waals surface area contributed by atoms with E-state index in [1.807, 2.05) is 32.0 Å². The minimum atomic E-state index is 0.141. The number of hydrogen-bond donors (Lipinski definition) is 1. The lowest BCUT2D eigenvalue weighted by Gasteiger charge is -2.09. The number of rotatable bonds is 6. The highest BCUT2D eigenvalue weighted by molar-refractivity contribution is 5.58. The monoisotopic (exact) mass is 272 g/mol. The quantitative estimate of drug-likeness (QED) is 0.875. The fourth-order valence-electron chi connectivity index (χ4n) is 2.05. The van der Waals surface area contributed by atoms with E-state index in [1.165, 1.54) is 12.8 Å². The Morgan fingerprint density at radius 1 is 1.35 bits per heavy atom. The smallest absolute Gasteiger partial charge is 0.138 e. The average molecular weight is 272 g/mol. The zero-order chi connectivity index (χ0) is 13.9. The van der Waals surface area contributed by atoms with E-state index < -0.39 is 0 Å². The molecule has 0 aromatic carbocycles. The number of pyridine rings is 1. The van der Waals surface area contributed by atoms with Crippen LogP contribution in [0, 0.1) is 0 Å². The van der Waals surface area contributed by atoms with E-state index >= 15 is 0 Å². The third-order valence-corrected chi connectivity index (χ3v) is 3.17. The van der Waals surface area contributed by atoms with Gasteiger partial charge in [0.1, 0.15) is 17.3 Å². The second kappa shape index (κ2) is 5.67. The molecule has 1 fully saturated rings. The van der Waals surface area contributed by atoms with E-state index in [9.17, 15) is 0 Å². The summed E-state index contributed by atoms with van der Waals surface area (Å²) >= 11 is 0. The second-order valence-electron chi connectivity index (χ2n) is 5.50. The fraction of sp³-hybridized carbons (Fsp3) is 0.438. The van der Waals surface area contributed by atoms with Crippen molar-refractivity contribution in [2.75, 3.05) is 0 Å². The standard InChI is InChI=1S/C16H20N2O2/c1-11(2)19-15-7-12(8-17-9-15)16-6-5-14(20-16)10-18-13-3-4-13/h5-9,11,13,18H,3-4,10H2,1-2H3. The van der Waals surface area contributed by atoms with E-state index in [2.05, 4.69) is 10.3 Å². The van der Waals surface area contributed by atoms with Gasteiger partial charge < -0.3 is 14.5 Å². The minimum Gasteiger partial charge on any atom is -0.489 e. The van der Waals surface area contributed by atoms with Gasteiger partial charge in [-0.25, -0.2) is 0 Å². The Morgan fingerprint density at radius 2 is 2.20 bits per heavy atom. The maximum absolute atomic E-state index is 5.85. The topological polar surface area (TPSA) is 47.3 Å². The Hall–Kier alpha value is -1.81. The van der Waals surface area contributed by atoms with Crippen LogP contribution >= 0.6 is 0 Å². The maximum atomic E-state index is 5.85. The fourth-order valence-corrected chi connectivity index (χ4v) is 2.05. The van der Waals surface area contributed by atoms with Crippen molar-refractivity contribution in [3.05, 3.63) is 36.4 Å². The van der Waals surface area contributed by atoms with E-state index in [0.29, 0.717) is 6.04 Å². The van der Waals surface area contributed by atoms with Crippen LogP contribution in [0.5, 0.6) is 5.75 Å². The van der Waals surface area contributed by atoms with Crippen LogP contribution < -0.4 is 10.1 Å². The molecule has 2 aromatic rings. The molecular weight excluding hydrogens is 252 g/mol. The van der Waals surface area contributed by atoms with Crippen LogP contribution in [0.3, 0.4) is 0 Å². The summed E-state index contributed by atoms with van der Waals surface area (Å²) in [5, 5.41) is 3.44. The number of aromatic nitrogens is 1. The summed E-state index contributed by atoms with van der Waals surface area (Å²) < 4.78 is 11.5. The van der Waals surface area contributed by atoms with Crippen LogP contribution in [0.25, 0.3) is 11.3 Å². The highest BCUT2D eigenvalue weighted by atomic mass is 16.5. The lowest BCUT2D eigenvalue weighted by molar-refractivity contribution is 0.241. The van der Waals surface area contributed by atoms with Crippen LogP contribution in [0.4, 0.5) is 0 Å². The SMILES string of the molecule is CC(C)Oc1cncc(-c2ccc(CNC3CC3)o2)c1. The van der Waals surface area contributed by atoms with Crippen molar-refractivity contribution in [2.24, 2.45) is 0 Å². The molecule has 0 spiro atoms. The first-order valence-corrected chi connectivity index (χ1v) is 7.15. The van der Waals surface area contributed by atoms with Gasteiger partial charge >= 0.3 is 0 Å². The molecule has 0 saturated heterocycles. The Kier molecular flexibility index (Phi) is 3.74. The van der Waals surface area contributed by atoms with Gasteiger partial charge in [0, 0.05) is 17.8 Å². The molecule has 1 saturated carbocycles. The highest BCUT2D eigenvalue weighted by Gasteiger charge is 2.20. The average Bonchev–Trinajstić information content (AvgIpc) is 3.13. The summed E-state index contributed by atoms with van der Waals surface area (Å²) in [7, 11) is 0. The number of ether oxygens (including phenoxy) is 1. The number of hydrogen-bond acceptors (Lipinski definition) is 4. The van der Waals surface area contributed by atoms with Crippen molar-refractivity contribution in [3.8, 4) is 17.1 Å². The van der Waals surface area contributed by atoms with Gasteiger partial charge in [0.2, 0.25) is 0 Å². The Morgan fingerprint density at radius 3 is 2.95 bits per heavy atom. The van der Waals surface area contributed by atoms with Crippen molar-refractivity contribution < 1.29 is 9.15 Å². The second-order valence-corrected chi connectivity index (χ2v) is 5.50. The summed E-state index contributed by atoms with van der Waals surface area (Å²) in [6.07, 6.45) is 6.23. The molecule has 106 valence electrons. The minimum absolute atomic E-state index is 0.141. The molecule has 2 aromatic heterocycles. The molecule has 0 aliphatic heterocycles. The third kappa shape index (κ3) is 3.39. The number of furan rings is 1. The Labute approximate surface area is 119 Å². The molecule has 0 amide bonds. The van der Waals surface area contributed by atoms with Crippen molar-refractivity contribution in [1.29, 1.82) is 0 Å². The molecule has 0 atom stereocenters. The van der Waals surface area contributed by atoms with Crippen molar-refractivity contribution in [3.63, 3.8) is 0 Å². The van der Waals surface area contributed by atoms with Gasteiger partial charge in [-0.3, -0.25) is 4.98 Å². The summed E-state index contributed by atoms with van der Waals surface area (Å²) in [6.45, 7) is 4.79. The molecule has 0 unspecified atom stereocenters. The lowest BCUT2D eigenvalue weighted by Crippen LogP contribution is -2.14. The van der Waals surface area contributed by atoms with Gasteiger partial charge in [-0.1, -0.05) is 0 Å². The van der Waals surface area contributed by atoms with E-state index in [0.717, 1.165) is 29.4 Å². The van der Waals surface area contributed by atoms with Crippen LogP contribution in [-0.4, -0.2) is 17.1 Å². The van der Waals surface area contributed by atoms with Gasteiger partial charge in [-0.05, 0) is 44.9 Å². The first-order valence-electron chi connectivity index (χ1n) is 7.15.